The Morgan fingerprint density at radius 1 is 1.22 bits per heavy atom. The Labute approximate surface area is 188 Å². The molecule has 0 spiro atoms. The normalized spacial score (nSPS) is 11.8. The fourth-order valence-corrected chi connectivity index (χ4v) is 3.08. The second-order valence-electron chi connectivity index (χ2n) is 7.70. The molecule has 8 heteroatoms. The van der Waals surface area contributed by atoms with E-state index in [1.807, 2.05) is 62.5 Å². The van der Waals surface area contributed by atoms with Gasteiger partial charge in [-0.05, 0) is 43.7 Å². The minimum absolute atomic E-state index is 0.123. The quantitative estimate of drug-likeness (QED) is 0.293. The summed E-state index contributed by atoms with van der Waals surface area (Å²) in [4.78, 5) is 8.94. The van der Waals surface area contributed by atoms with Crippen molar-refractivity contribution in [2.45, 2.75) is 32.5 Å². The van der Waals surface area contributed by atoms with Crippen LogP contribution in [0, 0.1) is 5.41 Å². The standard InChI is InChI=1S/C24H30N6O2/c1-16(2)29-24-21(12-26)23(28-14-17-5-4-8-27-13-17)10-22(30-24)18-6-3-7-20(9-18)32-15-19(31)11-25/h3-10,12-13,16,19,26,31H,11,14-15,25H2,1-2H3,(H2,28,29,30). The van der Waals surface area contributed by atoms with E-state index in [9.17, 15) is 5.11 Å². The highest BCUT2D eigenvalue weighted by atomic mass is 16.5. The molecule has 0 saturated carbocycles. The monoisotopic (exact) mass is 434 g/mol. The maximum Gasteiger partial charge on any atom is 0.137 e. The van der Waals surface area contributed by atoms with E-state index in [1.165, 1.54) is 6.21 Å². The second kappa shape index (κ2) is 11.2. The number of aliphatic hydroxyl groups excluding tert-OH is 1. The zero-order valence-corrected chi connectivity index (χ0v) is 18.4. The van der Waals surface area contributed by atoms with Crippen LogP contribution in [0.1, 0.15) is 25.0 Å². The van der Waals surface area contributed by atoms with Crippen molar-refractivity contribution < 1.29 is 9.84 Å². The summed E-state index contributed by atoms with van der Waals surface area (Å²) in [6.45, 7) is 4.89. The molecule has 1 atom stereocenters. The van der Waals surface area contributed by atoms with Crippen LogP contribution in [-0.4, -0.2) is 46.6 Å². The first-order valence-corrected chi connectivity index (χ1v) is 10.6. The summed E-state index contributed by atoms with van der Waals surface area (Å²) < 4.78 is 5.66. The molecule has 0 aliphatic heterocycles. The summed E-state index contributed by atoms with van der Waals surface area (Å²) in [6, 6.07) is 13.5. The number of rotatable bonds is 11. The summed E-state index contributed by atoms with van der Waals surface area (Å²) >= 11 is 0. The number of nitrogens with two attached hydrogens (primary N) is 1. The van der Waals surface area contributed by atoms with Gasteiger partial charge in [0.25, 0.3) is 0 Å². The average Bonchev–Trinajstić information content (AvgIpc) is 2.81. The van der Waals surface area contributed by atoms with Crippen LogP contribution in [0.5, 0.6) is 5.75 Å². The Morgan fingerprint density at radius 2 is 2.06 bits per heavy atom. The molecule has 32 heavy (non-hydrogen) atoms. The lowest BCUT2D eigenvalue weighted by Crippen LogP contribution is -2.26. The van der Waals surface area contributed by atoms with E-state index in [0.717, 1.165) is 22.5 Å². The first kappa shape index (κ1) is 23.2. The van der Waals surface area contributed by atoms with Crippen molar-refractivity contribution in [3.05, 3.63) is 66.0 Å². The van der Waals surface area contributed by atoms with Gasteiger partial charge in [0.1, 0.15) is 24.3 Å². The van der Waals surface area contributed by atoms with Gasteiger partial charge in [-0.15, -0.1) is 0 Å². The van der Waals surface area contributed by atoms with Crippen molar-refractivity contribution in [2.24, 2.45) is 5.73 Å². The number of anilines is 2. The molecule has 168 valence electrons. The third-order valence-corrected chi connectivity index (χ3v) is 4.68. The van der Waals surface area contributed by atoms with Crippen molar-refractivity contribution in [3.63, 3.8) is 0 Å². The molecule has 0 radical (unpaired) electrons. The molecular formula is C24H30N6O2. The van der Waals surface area contributed by atoms with Crippen LogP contribution in [0.3, 0.4) is 0 Å². The van der Waals surface area contributed by atoms with Crippen molar-refractivity contribution in [1.29, 1.82) is 5.41 Å². The third-order valence-electron chi connectivity index (χ3n) is 4.68. The van der Waals surface area contributed by atoms with Gasteiger partial charge in [-0.1, -0.05) is 18.2 Å². The fourth-order valence-electron chi connectivity index (χ4n) is 3.08. The van der Waals surface area contributed by atoms with Crippen LogP contribution >= 0.6 is 0 Å². The summed E-state index contributed by atoms with van der Waals surface area (Å²) in [5.41, 5.74) is 9.56. The number of nitrogens with one attached hydrogen (secondary N) is 3. The summed E-state index contributed by atoms with van der Waals surface area (Å²) in [5, 5.41) is 24.4. The van der Waals surface area contributed by atoms with Crippen LogP contribution in [0.25, 0.3) is 11.3 Å². The molecule has 6 N–H and O–H groups in total. The molecule has 0 saturated heterocycles. The van der Waals surface area contributed by atoms with E-state index in [0.29, 0.717) is 23.7 Å². The van der Waals surface area contributed by atoms with E-state index in [1.54, 1.807) is 6.20 Å². The number of pyridine rings is 2. The van der Waals surface area contributed by atoms with Gasteiger partial charge in [-0.25, -0.2) is 4.98 Å². The molecular weight excluding hydrogens is 404 g/mol. The lowest BCUT2D eigenvalue weighted by atomic mass is 10.1. The smallest absolute Gasteiger partial charge is 0.137 e. The van der Waals surface area contributed by atoms with Gasteiger partial charge in [0.15, 0.2) is 0 Å². The number of aliphatic hydroxyl groups is 1. The SMILES string of the molecule is CC(C)Nc1nc(-c2cccc(OCC(O)CN)c2)cc(NCc2cccnc2)c1C=N. The number of hydrogen-bond acceptors (Lipinski definition) is 8. The lowest BCUT2D eigenvalue weighted by molar-refractivity contribution is 0.114. The van der Waals surface area contributed by atoms with Crippen molar-refractivity contribution in [1.82, 2.24) is 9.97 Å². The van der Waals surface area contributed by atoms with Crippen LogP contribution < -0.4 is 21.1 Å². The van der Waals surface area contributed by atoms with Crippen molar-refractivity contribution >= 4 is 17.7 Å². The molecule has 0 amide bonds. The topological polar surface area (TPSA) is 129 Å². The van der Waals surface area contributed by atoms with E-state index in [2.05, 4.69) is 15.6 Å². The molecule has 3 aromatic rings. The summed E-state index contributed by atoms with van der Waals surface area (Å²) in [5.74, 6) is 1.25. The minimum Gasteiger partial charge on any atom is -0.491 e. The molecule has 0 fully saturated rings. The van der Waals surface area contributed by atoms with Gasteiger partial charge in [0, 0.05) is 49.0 Å². The van der Waals surface area contributed by atoms with Gasteiger partial charge in [0.05, 0.1) is 11.3 Å². The molecule has 3 rings (SSSR count). The molecule has 1 unspecified atom stereocenters. The highest BCUT2D eigenvalue weighted by Gasteiger charge is 2.14. The number of aromatic nitrogens is 2. The predicted molar refractivity (Wildman–Crippen MR) is 128 cm³/mol. The molecule has 0 bridgehead atoms. The van der Waals surface area contributed by atoms with Crippen LogP contribution in [0.2, 0.25) is 0 Å². The van der Waals surface area contributed by atoms with Gasteiger partial charge in [-0.3, -0.25) is 4.98 Å². The molecule has 0 aliphatic rings. The number of hydrogen-bond donors (Lipinski definition) is 5. The van der Waals surface area contributed by atoms with E-state index in [4.69, 9.17) is 20.9 Å². The third kappa shape index (κ3) is 6.26. The van der Waals surface area contributed by atoms with E-state index in [-0.39, 0.29) is 19.2 Å². The zero-order valence-electron chi connectivity index (χ0n) is 18.4. The highest BCUT2D eigenvalue weighted by Crippen LogP contribution is 2.30. The predicted octanol–water partition coefficient (Wildman–Crippen LogP) is 3.27. The van der Waals surface area contributed by atoms with Crippen LogP contribution in [0.15, 0.2) is 54.9 Å². The van der Waals surface area contributed by atoms with Gasteiger partial charge >= 0.3 is 0 Å². The molecule has 2 aromatic heterocycles. The summed E-state index contributed by atoms with van der Waals surface area (Å²) in [6.07, 6.45) is 4.14. The number of ether oxygens (including phenoxy) is 1. The van der Waals surface area contributed by atoms with Gasteiger partial charge in [-0.2, -0.15) is 0 Å². The summed E-state index contributed by atoms with van der Waals surface area (Å²) in [7, 11) is 0. The molecule has 8 nitrogen and oxygen atoms in total. The van der Waals surface area contributed by atoms with Gasteiger partial charge < -0.3 is 31.6 Å². The largest absolute Gasteiger partial charge is 0.491 e. The number of benzene rings is 1. The Bertz CT molecular complexity index is 1030. The highest BCUT2D eigenvalue weighted by molar-refractivity contribution is 5.93. The lowest BCUT2D eigenvalue weighted by Gasteiger charge is -2.18. The van der Waals surface area contributed by atoms with Gasteiger partial charge in [0.2, 0.25) is 0 Å². The average molecular weight is 435 g/mol. The van der Waals surface area contributed by atoms with Crippen molar-refractivity contribution in [2.75, 3.05) is 23.8 Å². The Morgan fingerprint density at radius 3 is 2.75 bits per heavy atom. The maximum absolute atomic E-state index is 9.67. The van der Waals surface area contributed by atoms with Crippen LogP contribution in [0.4, 0.5) is 11.5 Å². The zero-order chi connectivity index (χ0) is 22.9. The Hall–Kier alpha value is -3.49. The van der Waals surface area contributed by atoms with E-state index < -0.39 is 6.10 Å². The second-order valence-corrected chi connectivity index (χ2v) is 7.70. The number of nitrogens with zero attached hydrogens (tertiary/aromatic N) is 2. The Balaban J connectivity index is 1.95. The van der Waals surface area contributed by atoms with Crippen LogP contribution in [-0.2, 0) is 6.54 Å². The molecule has 1 aromatic carbocycles. The Kier molecular flexibility index (Phi) is 8.13. The van der Waals surface area contributed by atoms with Crippen molar-refractivity contribution in [3.8, 4) is 17.0 Å². The first-order valence-electron chi connectivity index (χ1n) is 10.6. The first-order chi connectivity index (χ1) is 15.5. The molecule has 2 heterocycles. The molecule has 0 aliphatic carbocycles. The fraction of sp³-hybridized carbons (Fsp3) is 0.292. The minimum atomic E-state index is -0.714. The van der Waals surface area contributed by atoms with E-state index >= 15 is 0 Å². The maximum atomic E-state index is 9.67.